The number of ether oxygens (including phenoxy) is 2. The van der Waals surface area contributed by atoms with E-state index in [0.29, 0.717) is 43.5 Å². The summed E-state index contributed by atoms with van der Waals surface area (Å²) in [6.45, 7) is 4.35. The second-order valence-electron chi connectivity index (χ2n) is 7.13. The maximum Gasteiger partial charge on any atom is 0.260 e. The number of amides is 1. The summed E-state index contributed by atoms with van der Waals surface area (Å²) in [4.78, 5) is 21.6. The van der Waals surface area contributed by atoms with Gasteiger partial charge in [0.25, 0.3) is 5.91 Å². The van der Waals surface area contributed by atoms with Crippen LogP contribution in [0.1, 0.15) is 17.0 Å². The predicted octanol–water partition coefficient (Wildman–Crippen LogP) is 3.17. The Balaban J connectivity index is 1.43. The molecule has 1 aromatic heterocycles. The fourth-order valence-electron chi connectivity index (χ4n) is 3.28. The Hall–Kier alpha value is -3.63. The zero-order valence-electron chi connectivity index (χ0n) is 16.7. The highest BCUT2D eigenvalue weighted by Crippen LogP contribution is 2.21. The van der Waals surface area contributed by atoms with Gasteiger partial charge in [0.15, 0.2) is 6.61 Å². The van der Waals surface area contributed by atoms with Gasteiger partial charge in [0, 0.05) is 13.1 Å². The van der Waals surface area contributed by atoms with Gasteiger partial charge in [0.05, 0.1) is 29.8 Å². The highest BCUT2D eigenvalue weighted by Gasteiger charge is 2.17. The number of imidazole rings is 1. The van der Waals surface area contributed by atoms with E-state index in [4.69, 9.17) is 9.47 Å². The predicted molar refractivity (Wildman–Crippen MR) is 114 cm³/mol. The Bertz CT molecular complexity index is 1120. The van der Waals surface area contributed by atoms with Gasteiger partial charge < -0.3 is 19.4 Å². The fourth-order valence-corrected chi connectivity index (χ4v) is 3.28. The second kappa shape index (κ2) is 8.80. The number of morpholine rings is 1. The van der Waals surface area contributed by atoms with Crippen molar-refractivity contribution >= 4 is 28.6 Å². The van der Waals surface area contributed by atoms with Gasteiger partial charge in [-0.15, -0.1) is 0 Å². The maximum atomic E-state index is 12.2. The molecule has 7 heteroatoms. The Morgan fingerprint density at radius 1 is 1.27 bits per heavy atom. The van der Waals surface area contributed by atoms with Gasteiger partial charge in [-0.25, -0.2) is 4.98 Å². The van der Waals surface area contributed by atoms with Gasteiger partial charge in [-0.3, -0.25) is 4.79 Å². The van der Waals surface area contributed by atoms with E-state index in [1.807, 2.05) is 37.3 Å². The molecule has 4 rings (SSSR count). The number of carbonyl (C=O) groups excluding carboxylic acids is 1. The average molecular weight is 402 g/mol. The highest BCUT2D eigenvalue weighted by molar-refractivity contribution is 5.90. The molecular weight excluding hydrogens is 380 g/mol. The van der Waals surface area contributed by atoms with E-state index in [9.17, 15) is 10.1 Å². The largest absolute Gasteiger partial charge is 0.484 e. The number of aromatic nitrogens is 2. The van der Waals surface area contributed by atoms with Crippen molar-refractivity contribution in [2.45, 2.75) is 6.92 Å². The summed E-state index contributed by atoms with van der Waals surface area (Å²) < 4.78 is 10.9. The zero-order valence-corrected chi connectivity index (χ0v) is 16.7. The lowest BCUT2D eigenvalue weighted by atomic mass is 10.1. The van der Waals surface area contributed by atoms with E-state index in [1.54, 1.807) is 23.1 Å². The van der Waals surface area contributed by atoms with Gasteiger partial charge in [-0.1, -0.05) is 18.2 Å². The van der Waals surface area contributed by atoms with Crippen molar-refractivity contribution in [1.29, 1.82) is 5.26 Å². The van der Waals surface area contributed by atoms with Crippen LogP contribution in [0.25, 0.3) is 22.7 Å². The molecule has 0 bridgehead atoms. The maximum absolute atomic E-state index is 12.2. The molecular formula is C23H22N4O3. The van der Waals surface area contributed by atoms with Crippen molar-refractivity contribution in [1.82, 2.24) is 14.9 Å². The number of rotatable bonds is 5. The van der Waals surface area contributed by atoms with Gasteiger partial charge in [-0.05, 0) is 48.4 Å². The van der Waals surface area contributed by atoms with E-state index in [2.05, 4.69) is 16.0 Å². The first-order valence-electron chi connectivity index (χ1n) is 9.79. The number of hydrogen-bond acceptors (Lipinski definition) is 5. The van der Waals surface area contributed by atoms with Crippen LogP contribution in [0.3, 0.4) is 0 Å². The van der Waals surface area contributed by atoms with Crippen molar-refractivity contribution < 1.29 is 14.3 Å². The molecule has 1 amide bonds. The number of benzene rings is 2. The standard InChI is InChI=1S/C23H22N4O3/c1-16-2-7-20-21(12-16)26-23(25-20)18(14-24)13-17-3-5-19(6-4-17)30-15-22(28)27-8-10-29-11-9-27/h2-7,12-13H,8-11,15H2,1H3,(H,25,26)/b18-13+. The van der Waals surface area contributed by atoms with Crippen LogP contribution < -0.4 is 4.74 Å². The van der Waals surface area contributed by atoms with Crippen molar-refractivity contribution in [3.8, 4) is 11.8 Å². The van der Waals surface area contributed by atoms with Gasteiger partial charge in [0.1, 0.15) is 17.6 Å². The molecule has 0 saturated carbocycles. The smallest absolute Gasteiger partial charge is 0.260 e. The monoisotopic (exact) mass is 402 g/mol. The van der Waals surface area contributed by atoms with E-state index < -0.39 is 0 Å². The number of aromatic amines is 1. The summed E-state index contributed by atoms with van der Waals surface area (Å²) in [6, 6.07) is 15.4. The Morgan fingerprint density at radius 3 is 2.77 bits per heavy atom. The van der Waals surface area contributed by atoms with Crippen LogP contribution in [0.4, 0.5) is 0 Å². The first-order valence-corrected chi connectivity index (χ1v) is 9.79. The van der Waals surface area contributed by atoms with Crippen molar-refractivity contribution in [3.63, 3.8) is 0 Å². The third-order valence-corrected chi connectivity index (χ3v) is 4.93. The van der Waals surface area contributed by atoms with Crippen LogP contribution in [-0.2, 0) is 9.53 Å². The van der Waals surface area contributed by atoms with Crippen molar-refractivity contribution in [2.24, 2.45) is 0 Å². The van der Waals surface area contributed by atoms with Crippen LogP contribution in [0.15, 0.2) is 42.5 Å². The molecule has 2 heterocycles. The number of carbonyl (C=O) groups is 1. The molecule has 1 saturated heterocycles. The number of aryl methyl sites for hydroxylation is 1. The fraction of sp³-hybridized carbons (Fsp3) is 0.261. The van der Waals surface area contributed by atoms with E-state index in [-0.39, 0.29) is 12.5 Å². The van der Waals surface area contributed by atoms with Crippen molar-refractivity contribution in [2.75, 3.05) is 32.9 Å². The van der Waals surface area contributed by atoms with Crippen LogP contribution >= 0.6 is 0 Å². The number of H-pyrrole nitrogens is 1. The summed E-state index contributed by atoms with van der Waals surface area (Å²) in [5.74, 6) is 1.09. The molecule has 30 heavy (non-hydrogen) atoms. The SMILES string of the molecule is Cc1ccc2nc(/C(C#N)=C/c3ccc(OCC(=O)N4CCOCC4)cc3)[nH]c2c1. The Labute approximate surface area is 174 Å². The zero-order chi connectivity index (χ0) is 20.9. The molecule has 1 N–H and O–H groups in total. The van der Waals surface area contributed by atoms with Crippen LogP contribution in [0.2, 0.25) is 0 Å². The highest BCUT2D eigenvalue weighted by atomic mass is 16.5. The lowest BCUT2D eigenvalue weighted by molar-refractivity contribution is -0.137. The summed E-state index contributed by atoms with van der Waals surface area (Å²) in [5, 5.41) is 9.59. The van der Waals surface area contributed by atoms with E-state index in [0.717, 1.165) is 22.2 Å². The lowest BCUT2D eigenvalue weighted by Gasteiger charge is -2.26. The van der Waals surface area contributed by atoms with Gasteiger partial charge in [0.2, 0.25) is 0 Å². The summed E-state index contributed by atoms with van der Waals surface area (Å²) in [7, 11) is 0. The molecule has 3 aromatic rings. The van der Waals surface area contributed by atoms with Crippen LogP contribution in [0, 0.1) is 18.3 Å². The molecule has 0 radical (unpaired) electrons. The molecule has 1 aliphatic rings. The molecule has 7 nitrogen and oxygen atoms in total. The Morgan fingerprint density at radius 2 is 2.03 bits per heavy atom. The van der Waals surface area contributed by atoms with Gasteiger partial charge in [-0.2, -0.15) is 5.26 Å². The number of allylic oxidation sites excluding steroid dienone is 1. The molecule has 152 valence electrons. The number of hydrogen-bond donors (Lipinski definition) is 1. The molecule has 0 spiro atoms. The number of nitrogens with zero attached hydrogens (tertiary/aromatic N) is 3. The minimum Gasteiger partial charge on any atom is -0.484 e. The molecule has 0 unspecified atom stereocenters. The van der Waals surface area contributed by atoms with E-state index in [1.165, 1.54) is 0 Å². The number of nitriles is 1. The third kappa shape index (κ3) is 4.50. The topological polar surface area (TPSA) is 91.2 Å². The van der Waals surface area contributed by atoms with Gasteiger partial charge >= 0.3 is 0 Å². The average Bonchev–Trinajstić information content (AvgIpc) is 3.20. The number of fused-ring (bicyclic) bond motifs is 1. The summed E-state index contributed by atoms with van der Waals surface area (Å²) >= 11 is 0. The molecule has 2 aromatic carbocycles. The molecule has 0 atom stereocenters. The number of nitrogens with one attached hydrogen (secondary N) is 1. The van der Waals surface area contributed by atoms with Crippen molar-refractivity contribution in [3.05, 3.63) is 59.4 Å². The minimum absolute atomic E-state index is 0.00294. The van der Waals surface area contributed by atoms with Crippen LogP contribution in [-0.4, -0.2) is 53.7 Å². The minimum atomic E-state index is -0.0471. The lowest BCUT2D eigenvalue weighted by Crippen LogP contribution is -2.42. The summed E-state index contributed by atoms with van der Waals surface area (Å²) in [6.07, 6.45) is 1.77. The Kier molecular flexibility index (Phi) is 5.77. The van der Waals surface area contributed by atoms with Crippen LogP contribution in [0.5, 0.6) is 5.75 Å². The quantitative estimate of drug-likeness (QED) is 0.662. The van der Waals surface area contributed by atoms with E-state index >= 15 is 0 Å². The molecule has 0 aliphatic carbocycles. The first-order chi connectivity index (χ1) is 14.6. The first kappa shape index (κ1) is 19.7. The summed E-state index contributed by atoms with van der Waals surface area (Å²) in [5.41, 5.74) is 4.14. The third-order valence-electron chi connectivity index (χ3n) is 4.93. The molecule has 1 fully saturated rings. The molecule has 1 aliphatic heterocycles. The normalized spacial score (nSPS) is 14.5. The second-order valence-corrected chi connectivity index (χ2v) is 7.13.